The van der Waals surface area contributed by atoms with Crippen LogP contribution in [0.2, 0.25) is 0 Å². The number of rotatable bonds is 9. The summed E-state index contributed by atoms with van der Waals surface area (Å²) in [6.45, 7) is 2.77. The Morgan fingerprint density at radius 2 is 1.78 bits per heavy atom. The number of nitrogens with one attached hydrogen (secondary N) is 2. The van der Waals surface area contributed by atoms with Crippen LogP contribution in [-0.2, 0) is 24.3 Å². The summed E-state index contributed by atoms with van der Waals surface area (Å²) >= 11 is 0. The molecule has 37 heavy (non-hydrogen) atoms. The van der Waals surface area contributed by atoms with Crippen molar-refractivity contribution in [3.05, 3.63) is 83.4 Å². The van der Waals surface area contributed by atoms with Crippen molar-refractivity contribution in [3.8, 4) is 5.75 Å². The maximum atomic E-state index is 13.7. The molecule has 1 aliphatic carbocycles. The fourth-order valence-electron chi connectivity index (χ4n) is 4.89. The molecule has 0 unspecified atom stereocenters. The van der Waals surface area contributed by atoms with Gasteiger partial charge in [-0.1, -0.05) is 42.5 Å². The lowest BCUT2D eigenvalue weighted by Crippen LogP contribution is -2.64. The highest BCUT2D eigenvalue weighted by molar-refractivity contribution is 6.07. The minimum absolute atomic E-state index is 0.0260. The number of benzene rings is 2. The Kier molecular flexibility index (Phi) is 6.69. The first-order chi connectivity index (χ1) is 17.9. The lowest BCUT2D eigenvalue weighted by molar-refractivity contribution is -0.133. The molecule has 1 saturated carbocycles. The van der Waals surface area contributed by atoms with Crippen molar-refractivity contribution in [2.75, 3.05) is 13.7 Å². The predicted molar refractivity (Wildman–Crippen MR) is 137 cm³/mol. The van der Waals surface area contributed by atoms with Crippen molar-refractivity contribution < 1.29 is 19.1 Å². The number of ether oxygens (including phenoxy) is 1. The van der Waals surface area contributed by atoms with E-state index in [1.54, 1.807) is 23.5 Å². The number of methoxy groups -OCH3 is 1. The van der Waals surface area contributed by atoms with Crippen molar-refractivity contribution >= 4 is 17.7 Å². The monoisotopic (exact) mass is 501 g/mol. The van der Waals surface area contributed by atoms with Crippen molar-refractivity contribution in [1.82, 2.24) is 25.1 Å². The molecule has 0 radical (unpaired) electrons. The van der Waals surface area contributed by atoms with Crippen LogP contribution in [0.4, 0.5) is 0 Å². The molecule has 1 aliphatic heterocycles. The highest BCUT2D eigenvalue weighted by atomic mass is 16.5. The van der Waals surface area contributed by atoms with E-state index in [0.29, 0.717) is 19.5 Å². The van der Waals surface area contributed by atoms with Crippen molar-refractivity contribution in [1.29, 1.82) is 0 Å². The third-order valence-corrected chi connectivity index (χ3v) is 7.04. The molecule has 0 saturated heterocycles. The first-order valence-corrected chi connectivity index (χ1v) is 12.5. The summed E-state index contributed by atoms with van der Waals surface area (Å²) in [6, 6.07) is 17.3. The average molecular weight is 502 g/mol. The minimum atomic E-state index is -1.10. The zero-order valence-electron chi connectivity index (χ0n) is 21.1. The maximum Gasteiger partial charge on any atom is 0.274 e. The van der Waals surface area contributed by atoms with E-state index in [1.165, 1.54) is 6.33 Å². The van der Waals surface area contributed by atoms with Crippen LogP contribution in [0.15, 0.2) is 60.9 Å². The Hall–Kier alpha value is -4.14. The zero-order chi connectivity index (χ0) is 26.0. The van der Waals surface area contributed by atoms with Gasteiger partial charge in [-0.25, -0.2) is 4.98 Å². The lowest BCUT2D eigenvalue weighted by atomic mass is 9.93. The number of carbonyl (C=O) groups is 3. The van der Waals surface area contributed by atoms with E-state index < -0.39 is 5.54 Å². The van der Waals surface area contributed by atoms with Crippen LogP contribution in [0.5, 0.6) is 5.75 Å². The molecular weight excluding hydrogens is 470 g/mol. The molecule has 1 aromatic heterocycles. The number of fused-ring (bicyclic) bond motifs is 1. The molecular formula is C28H31N5O4. The van der Waals surface area contributed by atoms with E-state index in [2.05, 4.69) is 15.6 Å². The third-order valence-electron chi connectivity index (χ3n) is 7.04. The van der Waals surface area contributed by atoms with Crippen LogP contribution in [0, 0.1) is 0 Å². The summed E-state index contributed by atoms with van der Waals surface area (Å²) in [5, 5.41) is 5.88. The fourth-order valence-corrected chi connectivity index (χ4v) is 4.89. The fraction of sp³-hybridized carbons (Fsp3) is 0.357. The normalized spacial score (nSPS) is 18.8. The molecule has 1 atom stereocenters. The van der Waals surface area contributed by atoms with Crippen LogP contribution in [0.1, 0.15) is 51.9 Å². The molecule has 3 amide bonds. The van der Waals surface area contributed by atoms with Crippen LogP contribution < -0.4 is 15.4 Å². The van der Waals surface area contributed by atoms with E-state index in [1.807, 2.05) is 54.6 Å². The third kappa shape index (κ3) is 4.94. The highest BCUT2D eigenvalue weighted by Gasteiger charge is 2.53. The largest absolute Gasteiger partial charge is 0.497 e. The number of amides is 3. The van der Waals surface area contributed by atoms with Gasteiger partial charge in [-0.15, -0.1) is 0 Å². The molecule has 0 bridgehead atoms. The number of aromatic nitrogens is 2. The molecule has 2 heterocycles. The summed E-state index contributed by atoms with van der Waals surface area (Å²) < 4.78 is 6.83. The topological polar surface area (TPSA) is 106 Å². The number of carbonyl (C=O) groups excluding carboxylic acids is 3. The van der Waals surface area contributed by atoms with Crippen LogP contribution >= 0.6 is 0 Å². The Bertz CT molecular complexity index is 1300. The van der Waals surface area contributed by atoms with Gasteiger partial charge in [0, 0.05) is 19.1 Å². The molecule has 2 N–H and O–H groups in total. The standard InChI is InChI=1S/C28H31N5O4/c1-28(27(36)30-16-20-8-12-22(37-2)13-9-20)17-32-18-31-23(24(32)26(35)33(28)21-10-11-21)25(34)29-15-14-19-6-4-3-5-7-19/h3-9,12-13,18,21H,10-11,14-17H2,1-2H3,(H,29,34)(H,30,36)/t28-/m1/s1. The Morgan fingerprint density at radius 1 is 1.05 bits per heavy atom. The molecule has 2 aromatic carbocycles. The second kappa shape index (κ2) is 10.1. The molecule has 1 fully saturated rings. The van der Waals surface area contributed by atoms with Gasteiger partial charge >= 0.3 is 0 Å². The summed E-state index contributed by atoms with van der Waals surface area (Å²) in [7, 11) is 1.61. The van der Waals surface area contributed by atoms with Crippen LogP contribution in [-0.4, -0.2) is 57.4 Å². The van der Waals surface area contributed by atoms with Gasteiger partial charge < -0.3 is 24.8 Å². The maximum absolute atomic E-state index is 13.7. The second-order valence-corrected chi connectivity index (χ2v) is 9.77. The molecule has 0 spiro atoms. The first-order valence-electron chi connectivity index (χ1n) is 12.5. The number of hydrogen-bond donors (Lipinski definition) is 2. The smallest absolute Gasteiger partial charge is 0.274 e. The van der Waals surface area contributed by atoms with Crippen LogP contribution in [0.3, 0.4) is 0 Å². The van der Waals surface area contributed by atoms with Crippen molar-refractivity contribution in [2.45, 2.75) is 50.9 Å². The quantitative estimate of drug-likeness (QED) is 0.469. The Morgan fingerprint density at radius 3 is 2.46 bits per heavy atom. The van der Waals surface area contributed by atoms with Crippen molar-refractivity contribution in [3.63, 3.8) is 0 Å². The van der Waals surface area contributed by atoms with Gasteiger partial charge in [0.1, 0.15) is 17.0 Å². The average Bonchev–Trinajstić information content (AvgIpc) is 3.65. The number of hydrogen-bond acceptors (Lipinski definition) is 5. The number of nitrogens with zero attached hydrogens (tertiary/aromatic N) is 3. The van der Waals surface area contributed by atoms with Gasteiger partial charge in [0.15, 0.2) is 5.69 Å². The summed E-state index contributed by atoms with van der Waals surface area (Å²) in [4.78, 5) is 46.1. The van der Waals surface area contributed by atoms with Gasteiger partial charge in [-0.05, 0) is 49.4 Å². The van der Waals surface area contributed by atoms with Gasteiger partial charge in [-0.2, -0.15) is 0 Å². The van der Waals surface area contributed by atoms with Crippen molar-refractivity contribution in [2.24, 2.45) is 0 Å². The SMILES string of the molecule is COc1ccc(CNC(=O)[C@@]2(C)Cn3cnc(C(=O)NCCc4ccccc4)c3C(=O)N2C2CC2)cc1. The molecule has 5 rings (SSSR count). The predicted octanol–water partition coefficient (Wildman–Crippen LogP) is 2.56. The Labute approximate surface area is 215 Å². The summed E-state index contributed by atoms with van der Waals surface area (Å²) in [5.74, 6) is -0.216. The van der Waals surface area contributed by atoms with E-state index in [9.17, 15) is 14.4 Å². The van der Waals surface area contributed by atoms with Gasteiger partial charge in [0.05, 0.1) is 20.0 Å². The zero-order valence-corrected chi connectivity index (χ0v) is 21.1. The highest BCUT2D eigenvalue weighted by Crippen LogP contribution is 2.38. The second-order valence-electron chi connectivity index (χ2n) is 9.77. The van der Waals surface area contributed by atoms with Gasteiger partial charge in [0.2, 0.25) is 5.91 Å². The van der Waals surface area contributed by atoms with E-state index in [-0.39, 0.29) is 41.7 Å². The summed E-state index contributed by atoms with van der Waals surface area (Å²) in [5.41, 5.74) is 1.28. The number of imidazole rings is 1. The van der Waals surface area contributed by atoms with Crippen LogP contribution in [0.25, 0.3) is 0 Å². The first kappa shape index (κ1) is 24.5. The van der Waals surface area contributed by atoms with Gasteiger partial charge in [0.25, 0.3) is 11.8 Å². The summed E-state index contributed by atoms with van der Waals surface area (Å²) in [6.07, 6.45) is 3.83. The molecule has 192 valence electrons. The van der Waals surface area contributed by atoms with E-state index >= 15 is 0 Å². The van der Waals surface area contributed by atoms with Gasteiger partial charge in [-0.3, -0.25) is 14.4 Å². The molecule has 9 heteroatoms. The lowest BCUT2D eigenvalue weighted by Gasteiger charge is -2.44. The Balaban J connectivity index is 1.31. The minimum Gasteiger partial charge on any atom is -0.497 e. The molecule has 2 aliphatic rings. The molecule has 9 nitrogen and oxygen atoms in total. The van der Waals surface area contributed by atoms with E-state index in [4.69, 9.17) is 4.74 Å². The van der Waals surface area contributed by atoms with E-state index in [0.717, 1.165) is 29.7 Å². The molecule has 3 aromatic rings.